The lowest BCUT2D eigenvalue weighted by Gasteiger charge is -2.08. The molecule has 0 saturated heterocycles. The largest absolute Gasteiger partial charge is 0.493 e. The van der Waals surface area contributed by atoms with Crippen molar-refractivity contribution in [1.82, 2.24) is 9.38 Å². The Labute approximate surface area is 154 Å². The van der Waals surface area contributed by atoms with Crippen molar-refractivity contribution in [2.75, 3.05) is 20.8 Å². The van der Waals surface area contributed by atoms with Crippen LogP contribution in [0.3, 0.4) is 0 Å². The minimum Gasteiger partial charge on any atom is -0.493 e. The lowest BCUT2D eigenvalue weighted by Crippen LogP contribution is -2.06. The number of imidazole rings is 1. The topological polar surface area (TPSA) is 79.1 Å². The molecule has 136 valence electrons. The molecule has 0 aliphatic heterocycles. The number of nitrogens with zero attached hydrogens (tertiary/aromatic N) is 2. The molecule has 7 nitrogen and oxygen atoms in total. The Morgan fingerprint density at radius 2 is 2.04 bits per heavy atom. The third kappa shape index (κ3) is 3.28. The maximum absolute atomic E-state index is 11.7. The summed E-state index contributed by atoms with van der Waals surface area (Å²) < 4.78 is 17.2. The summed E-state index contributed by atoms with van der Waals surface area (Å²) in [6.07, 6.45) is 2.66. The highest BCUT2D eigenvalue weighted by Gasteiger charge is 2.18. The molecular weight excluding hydrogens is 356 g/mol. The molecule has 0 bridgehead atoms. The summed E-state index contributed by atoms with van der Waals surface area (Å²) in [5, 5.41) is 0. The van der Waals surface area contributed by atoms with Crippen molar-refractivity contribution in [3.8, 4) is 22.8 Å². The van der Waals surface area contributed by atoms with Gasteiger partial charge in [-0.2, -0.15) is 0 Å². The minimum atomic E-state index is -0.301. The minimum absolute atomic E-state index is 0.159. The molecule has 1 aromatic carbocycles. The van der Waals surface area contributed by atoms with Crippen LogP contribution in [0.15, 0.2) is 24.4 Å². The molecule has 0 radical (unpaired) electrons. The zero-order valence-electron chi connectivity index (χ0n) is 14.6. The van der Waals surface area contributed by atoms with Gasteiger partial charge in [-0.15, -0.1) is 11.3 Å². The van der Waals surface area contributed by atoms with Crippen molar-refractivity contribution in [3.05, 3.63) is 35.0 Å². The van der Waals surface area contributed by atoms with E-state index in [1.54, 1.807) is 43.9 Å². The zero-order valence-corrected chi connectivity index (χ0v) is 15.5. The van der Waals surface area contributed by atoms with Gasteiger partial charge in [-0.3, -0.25) is 14.0 Å². The predicted molar refractivity (Wildman–Crippen MR) is 97.3 cm³/mol. The fraction of sp³-hybridized carbons (Fsp3) is 0.278. The fourth-order valence-corrected chi connectivity index (χ4v) is 3.62. The van der Waals surface area contributed by atoms with Gasteiger partial charge in [0.25, 0.3) is 0 Å². The van der Waals surface area contributed by atoms with Gasteiger partial charge in [-0.05, 0) is 25.1 Å². The van der Waals surface area contributed by atoms with E-state index >= 15 is 0 Å². The average molecular weight is 374 g/mol. The SMILES string of the molecule is CCOC(=O)Cc1cn2c(C=O)c(-c3ccc(OC)c(OC)c3)nc2s1. The van der Waals surface area contributed by atoms with E-state index in [0.29, 0.717) is 34.5 Å². The van der Waals surface area contributed by atoms with Crippen molar-refractivity contribution in [1.29, 1.82) is 0 Å². The molecule has 0 fully saturated rings. The van der Waals surface area contributed by atoms with Crippen molar-refractivity contribution < 1.29 is 23.8 Å². The summed E-state index contributed by atoms with van der Waals surface area (Å²) in [7, 11) is 3.11. The van der Waals surface area contributed by atoms with Gasteiger partial charge < -0.3 is 14.2 Å². The summed E-state index contributed by atoms with van der Waals surface area (Å²) in [5.41, 5.74) is 1.71. The number of benzene rings is 1. The van der Waals surface area contributed by atoms with Gasteiger partial charge in [0.2, 0.25) is 0 Å². The molecule has 0 spiro atoms. The monoisotopic (exact) mass is 374 g/mol. The van der Waals surface area contributed by atoms with Crippen molar-refractivity contribution in [3.63, 3.8) is 0 Å². The van der Waals surface area contributed by atoms with E-state index in [2.05, 4.69) is 4.98 Å². The molecule has 3 aromatic rings. The smallest absolute Gasteiger partial charge is 0.311 e. The highest BCUT2D eigenvalue weighted by atomic mass is 32.1. The Hall–Kier alpha value is -2.87. The van der Waals surface area contributed by atoms with Gasteiger partial charge in [-0.1, -0.05) is 0 Å². The van der Waals surface area contributed by atoms with Crippen molar-refractivity contribution >= 4 is 28.6 Å². The van der Waals surface area contributed by atoms with E-state index in [0.717, 1.165) is 16.7 Å². The number of carbonyl (C=O) groups excluding carboxylic acids is 2. The van der Waals surface area contributed by atoms with Crippen LogP contribution in [0.25, 0.3) is 16.2 Å². The fourth-order valence-electron chi connectivity index (χ4n) is 2.65. The lowest BCUT2D eigenvalue weighted by molar-refractivity contribution is -0.142. The maximum atomic E-state index is 11.7. The first-order valence-electron chi connectivity index (χ1n) is 7.95. The first kappa shape index (κ1) is 17.9. The van der Waals surface area contributed by atoms with Crippen LogP contribution in [0, 0.1) is 0 Å². The number of carbonyl (C=O) groups is 2. The molecule has 0 aliphatic carbocycles. The van der Waals surface area contributed by atoms with Gasteiger partial charge in [0.15, 0.2) is 22.7 Å². The Morgan fingerprint density at radius 3 is 2.69 bits per heavy atom. The van der Waals surface area contributed by atoms with Crippen LogP contribution in [0.5, 0.6) is 11.5 Å². The zero-order chi connectivity index (χ0) is 18.7. The molecule has 2 aromatic heterocycles. The van der Waals surface area contributed by atoms with Crippen LogP contribution in [-0.4, -0.2) is 42.5 Å². The second-order valence-electron chi connectivity index (χ2n) is 5.37. The van der Waals surface area contributed by atoms with Crippen LogP contribution in [0.4, 0.5) is 0 Å². The molecule has 0 N–H and O–H groups in total. The highest BCUT2D eigenvalue weighted by Crippen LogP contribution is 2.34. The predicted octanol–water partition coefficient (Wildman–Crippen LogP) is 3.00. The molecule has 2 heterocycles. The first-order chi connectivity index (χ1) is 12.6. The molecular formula is C18H18N2O5S. The average Bonchev–Trinajstić information content (AvgIpc) is 3.17. The highest BCUT2D eigenvalue weighted by molar-refractivity contribution is 7.17. The maximum Gasteiger partial charge on any atom is 0.311 e. The molecule has 26 heavy (non-hydrogen) atoms. The third-order valence-electron chi connectivity index (χ3n) is 3.80. The number of aldehydes is 1. The second kappa shape index (κ2) is 7.57. The Morgan fingerprint density at radius 1 is 1.27 bits per heavy atom. The number of methoxy groups -OCH3 is 2. The van der Waals surface area contributed by atoms with Crippen LogP contribution in [0.1, 0.15) is 22.3 Å². The number of hydrogen-bond donors (Lipinski definition) is 0. The van der Waals surface area contributed by atoms with Gasteiger partial charge in [-0.25, -0.2) is 4.98 Å². The van der Waals surface area contributed by atoms with Gasteiger partial charge in [0.05, 0.1) is 27.2 Å². The summed E-state index contributed by atoms with van der Waals surface area (Å²) in [5.74, 6) is 0.854. The van der Waals surface area contributed by atoms with Crippen LogP contribution in [-0.2, 0) is 16.0 Å². The number of ether oxygens (including phenoxy) is 3. The van der Waals surface area contributed by atoms with Gasteiger partial charge >= 0.3 is 5.97 Å². The van der Waals surface area contributed by atoms with E-state index in [4.69, 9.17) is 14.2 Å². The van der Waals surface area contributed by atoms with Crippen LogP contribution < -0.4 is 9.47 Å². The Balaban J connectivity index is 2.01. The standard InChI is InChI=1S/C18H18N2O5S/c1-4-25-16(22)8-12-9-20-13(10-21)17(19-18(20)26-12)11-5-6-14(23-2)15(7-11)24-3/h5-7,9-10H,4,8H2,1-3H3. The molecule has 0 amide bonds. The number of esters is 1. The van der Waals surface area contributed by atoms with Gasteiger partial charge in [0, 0.05) is 16.6 Å². The molecule has 0 aliphatic rings. The van der Waals surface area contributed by atoms with Gasteiger partial charge in [0.1, 0.15) is 11.4 Å². The van der Waals surface area contributed by atoms with E-state index in [1.165, 1.54) is 11.3 Å². The summed E-state index contributed by atoms with van der Waals surface area (Å²) in [4.78, 5) is 29.3. The normalized spacial score (nSPS) is 10.7. The second-order valence-corrected chi connectivity index (χ2v) is 6.46. The third-order valence-corrected chi connectivity index (χ3v) is 4.79. The van der Waals surface area contributed by atoms with Crippen molar-refractivity contribution in [2.24, 2.45) is 0 Å². The number of hydrogen-bond acceptors (Lipinski definition) is 7. The van der Waals surface area contributed by atoms with E-state index in [9.17, 15) is 9.59 Å². The summed E-state index contributed by atoms with van der Waals surface area (Å²) in [6.45, 7) is 2.10. The lowest BCUT2D eigenvalue weighted by atomic mass is 10.1. The number of rotatable bonds is 7. The quantitative estimate of drug-likeness (QED) is 0.467. The first-order valence-corrected chi connectivity index (χ1v) is 8.76. The van der Waals surface area contributed by atoms with Crippen molar-refractivity contribution in [2.45, 2.75) is 13.3 Å². The summed E-state index contributed by atoms with van der Waals surface area (Å²) in [6, 6.07) is 5.36. The molecule has 3 rings (SSSR count). The molecule has 0 atom stereocenters. The molecule has 0 saturated carbocycles. The van der Waals surface area contributed by atoms with E-state index < -0.39 is 0 Å². The van der Waals surface area contributed by atoms with E-state index in [-0.39, 0.29) is 12.4 Å². The Bertz CT molecular complexity index is 960. The van der Waals surface area contributed by atoms with Crippen LogP contribution >= 0.6 is 11.3 Å². The van der Waals surface area contributed by atoms with Crippen LogP contribution in [0.2, 0.25) is 0 Å². The summed E-state index contributed by atoms with van der Waals surface area (Å²) >= 11 is 1.35. The van der Waals surface area contributed by atoms with E-state index in [1.807, 2.05) is 6.07 Å². The number of fused-ring (bicyclic) bond motifs is 1. The molecule has 0 unspecified atom stereocenters. The number of aromatic nitrogens is 2. The number of thiazole rings is 1. The molecule has 8 heteroatoms. The Kier molecular flexibility index (Phi) is 5.22.